The van der Waals surface area contributed by atoms with E-state index in [0.29, 0.717) is 34.5 Å². The number of fused-ring (bicyclic) bond motifs is 3. The van der Waals surface area contributed by atoms with E-state index >= 15 is 0 Å². The first-order chi connectivity index (χ1) is 12.0. The van der Waals surface area contributed by atoms with Crippen LogP contribution in [0.2, 0.25) is 5.02 Å². The Hall–Kier alpha value is -2.51. The quantitative estimate of drug-likeness (QED) is 0.744. The second-order valence-electron chi connectivity index (χ2n) is 5.69. The van der Waals surface area contributed by atoms with E-state index in [0.717, 1.165) is 15.4 Å². The van der Waals surface area contributed by atoms with Crippen LogP contribution in [0.1, 0.15) is 38.0 Å². The highest BCUT2D eigenvalue weighted by molar-refractivity contribution is 7.15. The lowest BCUT2D eigenvalue weighted by Crippen LogP contribution is -2.11. The molecular formula is C17H13ClN4O2S. The number of aliphatic imine (C=N–C) groups is 1. The Morgan fingerprint density at radius 3 is 2.64 bits per heavy atom. The molecule has 3 aromatic rings. The molecule has 1 aliphatic heterocycles. The number of carbonyl (C=O) groups is 1. The third-order valence-corrected chi connectivity index (χ3v) is 5.45. The second kappa shape index (κ2) is 5.79. The van der Waals surface area contributed by atoms with Crippen molar-refractivity contribution in [3.8, 4) is 5.00 Å². The third-order valence-electron chi connectivity index (χ3n) is 4.11. The normalized spacial score (nSPS) is 13.0. The number of rotatable bonds is 2. The fourth-order valence-electron chi connectivity index (χ4n) is 3.01. The zero-order chi connectivity index (χ0) is 17.7. The highest BCUT2D eigenvalue weighted by atomic mass is 35.5. The van der Waals surface area contributed by atoms with E-state index in [1.165, 1.54) is 11.3 Å². The van der Waals surface area contributed by atoms with Crippen molar-refractivity contribution >= 4 is 34.6 Å². The molecule has 25 heavy (non-hydrogen) atoms. The summed E-state index contributed by atoms with van der Waals surface area (Å²) in [6.45, 7) is 3.99. The molecule has 3 heterocycles. The largest absolute Gasteiger partial charge is 0.478 e. The maximum atomic E-state index is 11.9. The summed E-state index contributed by atoms with van der Waals surface area (Å²) in [5, 5.41) is 19.5. The number of carboxylic acids is 1. The Morgan fingerprint density at radius 1 is 1.24 bits per heavy atom. The number of halogens is 1. The van der Waals surface area contributed by atoms with Crippen LogP contribution in [-0.4, -0.2) is 31.6 Å². The molecule has 0 saturated carbocycles. The first-order valence-corrected chi connectivity index (χ1v) is 8.75. The number of hydrogen-bond acceptors (Lipinski definition) is 5. The Morgan fingerprint density at radius 2 is 1.96 bits per heavy atom. The summed E-state index contributed by atoms with van der Waals surface area (Å²) in [6.07, 6.45) is 0. The monoisotopic (exact) mass is 372 g/mol. The van der Waals surface area contributed by atoms with Crippen LogP contribution >= 0.6 is 22.9 Å². The Balaban J connectivity index is 2.05. The van der Waals surface area contributed by atoms with Crippen molar-refractivity contribution in [2.45, 2.75) is 20.4 Å². The number of carboxylic acid groups (broad SMARTS) is 1. The molecule has 0 bridgehead atoms. The number of hydrogen-bond donors (Lipinski definition) is 1. The zero-order valence-electron chi connectivity index (χ0n) is 13.4. The molecule has 1 aliphatic rings. The molecule has 8 heteroatoms. The number of aryl methyl sites for hydroxylation is 2. The molecule has 126 valence electrons. The summed E-state index contributed by atoms with van der Waals surface area (Å²) in [6, 6.07) is 7.25. The number of aromatic carboxylic acids is 1. The van der Waals surface area contributed by atoms with Crippen LogP contribution < -0.4 is 0 Å². The lowest BCUT2D eigenvalue weighted by Gasteiger charge is -2.09. The number of thiophene rings is 1. The summed E-state index contributed by atoms with van der Waals surface area (Å²) < 4.78 is 1.89. The average Bonchev–Trinajstić information content (AvgIpc) is 3.04. The first-order valence-electron chi connectivity index (χ1n) is 7.56. The summed E-state index contributed by atoms with van der Waals surface area (Å²) >= 11 is 7.41. The van der Waals surface area contributed by atoms with Gasteiger partial charge >= 0.3 is 5.97 Å². The Kier molecular flexibility index (Phi) is 3.70. The van der Waals surface area contributed by atoms with Crippen molar-refractivity contribution in [2.75, 3.05) is 0 Å². The molecule has 1 N–H and O–H groups in total. The van der Waals surface area contributed by atoms with Gasteiger partial charge in [-0.05, 0) is 26.0 Å². The fourth-order valence-corrected chi connectivity index (χ4v) is 4.35. The smallest absolute Gasteiger partial charge is 0.337 e. The standard InChI is InChI=1S/C17H13ClN4O2S/c1-8-13(17(23)24)14-15(10-3-5-11(18)6-4-10)19-7-12-21-20-9(2)22(12)16(14)25-8/h3-6H,7H2,1-2H3,(H,23,24). The van der Waals surface area contributed by atoms with Gasteiger partial charge in [0.25, 0.3) is 0 Å². The number of aromatic nitrogens is 3. The minimum absolute atomic E-state index is 0.273. The van der Waals surface area contributed by atoms with Gasteiger partial charge < -0.3 is 5.11 Å². The van der Waals surface area contributed by atoms with E-state index in [2.05, 4.69) is 15.2 Å². The van der Waals surface area contributed by atoms with Gasteiger partial charge in [-0.3, -0.25) is 9.56 Å². The van der Waals surface area contributed by atoms with Crippen LogP contribution in [0, 0.1) is 13.8 Å². The van der Waals surface area contributed by atoms with Gasteiger partial charge in [-0.25, -0.2) is 4.79 Å². The van der Waals surface area contributed by atoms with Crippen molar-refractivity contribution < 1.29 is 9.90 Å². The lowest BCUT2D eigenvalue weighted by atomic mass is 9.99. The van der Waals surface area contributed by atoms with E-state index in [9.17, 15) is 9.90 Å². The van der Waals surface area contributed by atoms with Crippen molar-refractivity contribution in [3.63, 3.8) is 0 Å². The number of benzene rings is 1. The summed E-state index contributed by atoms with van der Waals surface area (Å²) in [4.78, 5) is 17.3. The van der Waals surface area contributed by atoms with Gasteiger partial charge in [-0.1, -0.05) is 23.7 Å². The van der Waals surface area contributed by atoms with Gasteiger partial charge in [0.1, 0.15) is 17.4 Å². The number of nitrogens with zero attached hydrogens (tertiary/aromatic N) is 4. The second-order valence-corrected chi connectivity index (χ2v) is 7.33. The molecule has 0 saturated heterocycles. The predicted molar refractivity (Wildman–Crippen MR) is 96.5 cm³/mol. The predicted octanol–water partition coefficient (Wildman–Crippen LogP) is 3.65. The molecule has 0 aliphatic carbocycles. The highest BCUT2D eigenvalue weighted by Gasteiger charge is 2.30. The molecule has 0 atom stereocenters. The Bertz CT molecular complexity index is 1030. The van der Waals surface area contributed by atoms with Crippen molar-refractivity contribution in [3.05, 3.63) is 62.5 Å². The van der Waals surface area contributed by atoms with Crippen LogP contribution in [0.4, 0.5) is 0 Å². The van der Waals surface area contributed by atoms with Gasteiger partial charge in [-0.15, -0.1) is 21.5 Å². The van der Waals surface area contributed by atoms with Crippen molar-refractivity contribution in [1.29, 1.82) is 0 Å². The van der Waals surface area contributed by atoms with Gasteiger partial charge in [0, 0.05) is 15.5 Å². The molecule has 0 amide bonds. The van der Waals surface area contributed by atoms with E-state index in [-0.39, 0.29) is 5.56 Å². The SMILES string of the molecule is Cc1sc2c(c1C(=O)O)C(c1ccc(Cl)cc1)=NCc1nnc(C)n1-2. The van der Waals surface area contributed by atoms with Crippen molar-refractivity contribution in [1.82, 2.24) is 14.8 Å². The van der Waals surface area contributed by atoms with E-state index in [1.807, 2.05) is 30.5 Å². The molecule has 2 aromatic heterocycles. The van der Waals surface area contributed by atoms with Crippen LogP contribution in [0.15, 0.2) is 29.3 Å². The molecule has 0 fully saturated rings. The molecule has 1 aromatic carbocycles. The van der Waals surface area contributed by atoms with Crippen molar-refractivity contribution in [2.24, 2.45) is 4.99 Å². The minimum Gasteiger partial charge on any atom is -0.478 e. The van der Waals surface area contributed by atoms with Gasteiger partial charge in [0.05, 0.1) is 16.8 Å². The van der Waals surface area contributed by atoms with Crippen LogP contribution in [-0.2, 0) is 6.54 Å². The minimum atomic E-state index is -0.967. The van der Waals surface area contributed by atoms with Crippen LogP contribution in [0.5, 0.6) is 0 Å². The molecule has 4 rings (SSSR count). The maximum absolute atomic E-state index is 11.9. The van der Waals surface area contributed by atoms with Gasteiger partial charge in [0.2, 0.25) is 0 Å². The van der Waals surface area contributed by atoms with Crippen LogP contribution in [0.25, 0.3) is 5.00 Å². The average molecular weight is 373 g/mol. The van der Waals surface area contributed by atoms with E-state index < -0.39 is 5.97 Å². The fraction of sp³-hybridized carbons (Fsp3) is 0.176. The summed E-state index contributed by atoms with van der Waals surface area (Å²) in [7, 11) is 0. The molecule has 0 radical (unpaired) electrons. The molecule has 0 spiro atoms. The third kappa shape index (κ3) is 2.47. The molecule has 6 nitrogen and oxygen atoms in total. The van der Waals surface area contributed by atoms with Gasteiger partial charge in [0.15, 0.2) is 5.82 Å². The highest BCUT2D eigenvalue weighted by Crippen LogP contribution is 2.36. The first kappa shape index (κ1) is 16.0. The van der Waals surface area contributed by atoms with E-state index in [4.69, 9.17) is 11.6 Å². The van der Waals surface area contributed by atoms with Crippen LogP contribution in [0.3, 0.4) is 0 Å². The molecular weight excluding hydrogens is 360 g/mol. The maximum Gasteiger partial charge on any atom is 0.337 e. The summed E-state index contributed by atoms with van der Waals surface area (Å²) in [5.74, 6) is 0.439. The van der Waals surface area contributed by atoms with Gasteiger partial charge in [-0.2, -0.15) is 0 Å². The topological polar surface area (TPSA) is 80.4 Å². The van der Waals surface area contributed by atoms with E-state index in [1.54, 1.807) is 12.1 Å². The Labute approximate surface area is 152 Å². The molecule has 0 unspecified atom stereocenters. The summed E-state index contributed by atoms with van der Waals surface area (Å²) in [5.41, 5.74) is 2.34. The lowest BCUT2D eigenvalue weighted by molar-refractivity contribution is 0.0696. The zero-order valence-corrected chi connectivity index (χ0v) is 15.0.